The molecular weight excluding hydrogens is 312 g/mol. The van der Waals surface area contributed by atoms with Gasteiger partial charge in [0.05, 0.1) is 12.2 Å². The van der Waals surface area contributed by atoms with Crippen molar-refractivity contribution in [2.45, 2.75) is 18.8 Å². The molecule has 0 aromatic carbocycles. The normalized spacial score (nSPS) is 16.2. The van der Waals surface area contributed by atoms with Crippen molar-refractivity contribution in [1.82, 2.24) is 20.2 Å². The average molecular weight is 331 g/mol. The summed E-state index contributed by atoms with van der Waals surface area (Å²) in [7, 11) is 0. The van der Waals surface area contributed by atoms with Crippen LogP contribution in [0.3, 0.4) is 0 Å². The molecule has 5 nitrogen and oxygen atoms in total. The lowest BCUT2D eigenvalue weighted by Crippen LogP contribution is -2.41. The molecular formula is C17H19ClN4O. The molecule has 1 fully saturated rings. The van der Waals surface area contributed by atoms with Gasteiger partial charge in [-0.05, 0) is 37.1 Å². The van der Waals surface area contributed by atoms with Gasteiger partial charge in [0.2, 0.25) is 0 Å². The summed E-state index contributed by atoms with van der Waals surface area (Å²) in [5.41, 5.74) is 1.70. The van der Waals surface area contributed by atoms with Crippen LogP contribution in [0.2, 0.25) is 5.15 Å². The first kappa shape index (κ1) is 15.9. The van der Waals surface area contributed by atoms with Gasteiger partial charge in [-0.2, -0.15) is 0 Å². The summed E-state index contributed by atoms with van der Waals surface area (Å²) in [6, 6.07) is 9.37. The number of nitrogens with zero attached hydrogens (tertiary/aromatic N) is 3. The Labute approximate surface area is 140 Å². The second-order valence-electron chi connectivity index (χ2n) is 5.68. The molecule has 1 aliphatic heterocycles. The molecule has 6 heteroatoms. The highest BCUT2D eigenvalue weighted by Crippen LogP contribution is 2.25. The number of halogens is 1. The number of piperidine rings is 1. The molecule has 0 aliphatic carbocycles. The number of amides is 1. The van der Waals surface area contributed by atoms with Crippen LogP contribution in [0.1, 0.15) is 34.8 Å². The van der Waals surface area contributed by atoms with Crippen molar-refractivity contribution in [3.8, 4) is 0 Å². The molecule has 1 amide bonds. The van der Waals surface area contributed by atoms with Crippen LogP contribution in [0.15, 0.2) is 42.7 Å². The van der Waals surface area contributed by atoms with E-state index in [0.29, 0.717) is 23.3 Å². The third-order valence-corrected chi connectivity index (χ3v) is 4.37. The van der Waals surface area contributed by atoms with E-state index in [4.69, 9.17) is 11.6 Å². The summed E-state index contributed by atoms with van der Waals surface area (Å²) in [5, 5.41) is 3.32. The van der Waals surface area contributed by atoms with Gasteiger partial charge in [-0.1, -0.05) is 17.7 Å². The van der Waals surface area contributed by atoms with Crippen molar-refractivity contribution in [3.63, 3.8) is 0 Å². The zero-order chi connectivity index (χ0) is 16.1. The molecule has 23 heavy (non-hydrogen) atoms. The van der Waals surface area contributed by atoms with Gasteiger partial charge in [-0.15, -0.1) is 0 Å². The van der Waals surface area contributed by atoms with Crippen LogP contribution in [0.4, 0.5) is 0 Å². The van der Waals surface area contributed by atoms with E-state index in [2.05, 4.69) is 26.3 Å². The van der Waals surface area contributed by atoms with Gasteiger partial charge in [-0.3, -0.25) is 14.7 Å². The largest absolute Gasteiger partial charge is 0.339 e. The van der Waals surface area contributed by atoms with Gasteiger partial charge in [-0.25, -0.2) is 4.98 Å². The first-order valence-electron chi connectivity index (χ1n) is 7.75. The maximum Gasteiger partial charge on any atom is 0.253 e. The van der Waals surface area contributed by atoms with Crippen LogP contribution < -0.4 is 5.32 Å². The molecule has 1 saturated heterocycles. The van der Waals surface area contributed by atoms with Crippen molar-refractivity contribution in [1.29, 1.82) is 0 Å². The van der Waals surface area contributed by atoms with Gasteiger partial charge < -0.3 is 5.32 Å². The van der Waals surface area contributed by atoms with E-state index in [9.17, 15) is 4.79 Å². The highest BCUT2D eigenvalue weighted by atomic mass is 35.5. The third kappa shape index (κ3) is 4.27. The fourth-order valence-electron chi connectivity index (χ4n) is 2.80. The summed E-state index contributed by atoms with van der Waals surface area (Å²) in [5.74, 6) is 0.393. The van der Waals surface area contributed by atoms with Gasteiger partial charge >= 0.3 is 0 Å². The zero-order valence-corrected chi connectivity index (χ0v) is 13.5. The van der Waals surface area contributed by atoms with E-state index < -0.39 is 0 Å². The van der Waals surface area contributed by atoms with Crippen molar-refractivity contribution in [3.05, 3.63) is 59.1 Å². The lowest BCUT2D eigenvalue weighted by Gasteiger charge is -2.31. The van der Waals surface area contributed by atoms with Crippen molar-refractivity contribution in [2.75, 3.05) is 19.8 Å². The molecule has 120 valence electrons. The van der Waals surface area contributed by atoms with E-state index in [-0.39, 0.29) is 5.91 Å². The van der Waals surface area contributed by atoms with E-state index in [1.807, 2.05) is 18.3 Å². The molecule has 2 aromatic rings. The van der Waals surface area contributed by atoms with Gasteiger partial charge in [0.25, 0.3) is 5.91 Å². The number of pyridine rings is 2. The lowest BCUT2D eigenvalue weighted by atomic mass is 9.93. The number of likely N-dealkylation sites (tertiary alicyclic amines) is 1. The number of rotatable bonds is 4. The number of nitrogens with one attached hydrogen (secondary N) is 1. The number of carbonyl (C=O) groups is 1. The SMILES string of the molecule is O=C(NCN1CCC(c2ccccn2)CC1)c1ccc(Cl)nc1. The smallest absolute Gasteiger partial charge is 0.253 e. The Bertz CT molecular complexity index is 639. The Kier molecular flexibility index (Phi) is 5.20. The Hall–Kier alpha value is -1.98. The second-order valence-corrected chi connectivity index (χ2v) is 6.07. The second kappa shape index (κ2) is 7.53. The minimum atomic E-state index is -0.124. The molecule has 0 bridgehead atoms. The van der Waals surface area contributed by atoms with Gasteiger partial charge in [0.1, 0.15) is 5.15 Å². The summed E-state index contributed by atoms with van der Waals surface area (Å²) in [6.45, 7) is 2.47. The summed E-state index contributed by atoms with van der Waals surface area (Å²) in [4.78, 5) is 22.7. The van der Waals surface area contributed by atoms with E-state index in [0.717, 1.165) is 25.9 Å². The Morgan fingerprint density at radius 1 is 1.22 bits per heavy atom. The molecule has 3 rings (SSSR count). The quantitative estimate of drug-likeness (QED) is 0.876. The average Bonchev–Trinajstić information content (AvgIpc) is 2.61. The molecule has 2 aromatic heterocycles. The molecule has 1 N–H and O–H groups in total. The first-order valence-corrected chi connectivity index (χ1v) is 8.13. The molecule has 0 atom stereocenters. The number of hydrogen-bond donors (Lipinski definition) is 1. The Balaban J connectivity index is 1.46. The number of hydrogen-bond acceptors (Lipinski definition) is 4. The number of aromatic nitrogens is 2. The fraction of sp³-hybridized carbons (Fsp3) is 0.353. The van der Waals surface area contributed by atoms with Crippen LogP contribution >= 0.6 is 11.6 Å². The highest BCUT2D eigenvalue weighted by Gasteiger charge is 2.21. The topological polar surface area (TPSA) is 58.1 Å². The molecule has 0 saturated carbocycles. The summed E-state index contributed by atoms with van der Waals surface area (Å²) in [6.07, 6.45) is 5.47. The van der Waals surface area contributed by atoms with Gasteiger partial charge in [0.15, 0.2) is 0 Å². The molecule has 0 spiro atoms. The molecule has 0 radical (unpaired) electrons. The summed E-state index contributed by atoms with van der Waals surface area (Å²) < 4.78 is 0. The van der Waals surface area contributed by atoms with Crippen LogP contribution in [-0.2, 0) is 0 Å². The maximum absolute atomic E-state index is 12.1. The fourth-order valence-corrected chi connectivity index (χ4v) is 2.91. The summed E-state index contributed by atoms with van der Waals surface area (Å²) >= 11 is 5.72. The van der Waals surface area contributed by atoms with Crippen LogP contribution in [-0.4, -0.2) is 40.5 Å². The van der Waals surface area contributed by atoms with Crippen LogP contribution in [0.5, 0.6) is 0 Å². The zero-order valence-electron chi connectivity index (χ0n) is 12.8. The standard InChI is InChI=1S/C17H19ClN4O/c18-16-5-4-14(11-20-16)17(23)21-12-22-9-6-13(7-10-22)15-3-1-2-8-19-15/h1-5,8,11,13H,6-7,9-10,12H2,(H,21,23). The van der Waals surface area contributed by atoms with Crippen molar-refractivity contribution in [2.24, 2.45) is 0 Å². The Morgan fingerprint density at radius 2 is 2.04 bits per heavy atom. The predicted octanol–water partition coefficient (Wildman–Crippen LogP) is 2.70. The van der Waals surface area contributed by atoms with E-state index >= 15 is 0 Å². The van der Waals surface area contributed by atoms with Crippen LogP contribution in [0, 0.1) is 0 Å². The Morgan fingerprint density at radius 3 is 2.70 bits per heavy atom. The molecule has 3 heterocycles. The predicted molar refractivity (Wildman–Crippen MR) is 89.4 cm³/mol. The maximum atomic E-state index is 12.1. The third-order valence-electron chi connectivity index (χ3n) is 4.15. The van der Waals surface area contributed by atoms with Crippen molar-refractivity contribution < 1.29 is 4.79 Å². The number of carbonyl (C=O) groups excluding carboxylic acids is 1. The highest BCUT2D eigenvalue weighted by molar-refractivity contribution is 6.29. The van der Waals surface area contributed by atoms with E-state index in [1.165, 1.54) is 11.9 Å². The van der Waals surface area contributed by atoms with Crippen LogP contribution in [0.25, 0.3) is 0 Å². The monoisotopic (exact) mass is 330 g/mol. The minimum Gasteiger partial charge on any atom is -0.339 e. The molecule has 0 unspecified atom stereocenters. The molecule has 1 aliphatic rings. The van der Waals surface area contributed by atoms with Crippen molar-refractivity contribution >= 4 is 17.5 Å². The first-order chi connectivity index (χ1) is 11.2. The van der Waals surface area contributed by atoms with E-state index in [1.54, 1.807) is 12.1 Å². The minimum absolute atomic E-state index is 0.124. The lowest BCUT2D eigenvalue weighted by molar-refractivity contribution is 0.0910. The van der Waals surface area contributed by atoms with Gasteiger partial charge in [0, 0.05) is 37.1 Å².